The van der Waals surface area contributed by atoms with Crippen molar-refractivity contribution in [2.75, 3.05) is 27.2 Å². The fraction of sp³-hybridized carbons (Fsp3) is 0.500. The fourth-order valence-corrected chi connectivity index (χ4v) is 3.50. The summed E-state index contributed by atoms with van der Waals surface area (Å²) in [4.78, 5) is 41.7. The van der Waals surface area contributed by atoms with E-state index in [1.807, 2.05) is 0 Å². The molecule has 36 heavy (non-hydrogen) atoms. The summed E-state index contributed by atoms with van der Waals surface area (Å²) in [6.07, 6.45) is -1.26. The molecule has 1 rings (SSSR count). The second-order valence-corrected chi connectivity index (χ2v) is 9.34. The third kappa shape index (κ3) is 9.49. The monoisotopic (exact) mass is 511 g/mol. The lowest BCUT2D eigenvalue weighted by Crippen LogP contribution is -2.56. The molecule has 0 heterocycles. The van der Waals surface area contributed by atoms with Crippen LogP contribution in [0.5, 0.6) is 0 Å². The van der Waals surface area contributed by atoms with E-state index in [0.717, 1.165) is 17.0 Å². The van der Waals surface area contributed by atoms with E-state index in [0.29, 0.717) is 5.56 Å². The largest absolute Gasteiger partial charge is 0.459 e. The number of nitrogens with one attached hydrogen (secondary N) is 1. The summed E-state index contributed by atoms with van der Waals surface area (Å²) in [5.74, 6) is -1.61. The van der Waals surface area contributed by atoms with Crippen LogP contribution in [0.3, 0.4) is 0 Å². The maximum atomic E-state index is 13.5. The van der Waals surface area contributed by atoms with E-state index in [1.165, 1.54) is 30.2 Å². The lowest BCUT2D eigenvalue weighted by atomic mass is 10.00. The number of benzene rings is 1. The van der Waals surface area contributed by atoms with Crippen LogP contribution in [0, 0.1) is 0 Å². The summed E-state index contributed by atoms with van der Waals surface area (Å²) < 4.78 is 44.3. The SMILES string of the molecule is C=CC[C@H](NC)C(=O)N(CC=C)[C@@H](Cc1ccc(C(F)(F)F)cc1)C(=O)N(C)CC(=O)OC(C)(C)C. The molecule has 0 aliphatic rings. The van der Waals surface area contributed by atoms with Crippen molar-refractivity contribution in [3.8, 4) is 0 Å². The Bertz CT molecular complexity index is 924. The molecule has 0 radical (unpaired) electrons. The smallest absolute Gasteiger partial charge is 0.416 e. The number of ether oxygens (including phenoxy) is 1. The quantitative estimate of drug-likeness (QED) is 0.343. The highest BCUT2D eigenvalue weighted by Gasteiger charge is 2.35. The Kier molecular flexibility index (Phi) is 11.4. The first-order chi connectivity index (χ1) is 16.6. The van der Waals surface area contributed by atoms with Crippen LogP contribution < -0.4 is 5.32 Å². The maximum Gasteiger partial charge on any atom is 0.416 e. The van der Waals surface area contributed by atoms with Crippen LogP contribution in [0.4, 0.5) is 13.2 Å². The van der Waals surface area contributed by atoms with Gasteiger partial charge in [-0.2, -0.15) is 13.2 Å². The number of carbonyl (C=O) groups excluding carboxylic acids is 3. The van der Waals surface area contributed by atoms with Gasteiger partial charge >= 0.3 is 12.1 Å². The van der Waals surface area contributed by atoms with Crippen LogP contribution >= 0.6 is 0 Å². The van der Waals surface area contributed by atoms with Gasteiger partial charge in [-0.05, 0) is 51.9 Å². The van der Waals surface area contributed by atoms with Gasteiger partial charge in [-0.1, -0.05) is 24.3 Å². The van der Waals surface area contributed by atoms with Crippen molar-refractivity contribution in [1.82, 2.24) is 15.1 Å². The summed E-state index contributed by atoms with van der Waals surface area (Å²) >= 11 is 0. The van der Waals surface area contributed by atoms with Gasteiger partial charge in [-0.25, -0.2) is 0 Å². The normalized spacial score (nSPS) is 13.3. The van der Waals surface area contributed by atoms with Gasteiger partial charge in [0.05, 0.1) is 11.6 Å². The molecule has 1 aromatic carbocycles. The third-order valence-corrected chi connectivity index (χ3v) is 5.19. The Hall–Kier alpha value is -3.14. The van der Waals surface area contributed by atoms with E-state index in [2.05, 4.69) is 18.5 Å². The van der Waals surface area contributed by atoms with Crippen LogP contribution in [0.2, 0.25) is 0 Å². The average Bonchev–Trinajstić information content (AvgIpc) is 2.77. The van der Waals surface area contributed by atoms with Crippen molar-refractivity contribution < 1.29 is 32.3 Å². The minimum Gasteiger partial charge on any atom is -0.459 e. The van der Waals surface area contributed by atoms with E-state index in [4.69, 9.17) is 4.74 Å². The molecule has 0 aliphatic carbocycles. The number of esters is 1. The van der Waals surface area contributed by atoms with Crippen LogP contribution in [0.15, 0.2) is 49.6 Å². The molecular formula is C26H36F3N3O4. The molecule has 0 saturated carbocycles. The summed E-state index contributed by atoms with van der Waals surface area (Å²) in [6.45, 7) is 12.1. The number of nitrogens with zero attached hydrogens (tertiary/aromatic N) is 2. The Balaban J connectivity index is 3.37. The van der Waals surface area contributed by atoms with Gasteiger partial charge in [0, 0.05) is 20.0 Å². The van der Waals surface area contributed by atoms with Crippen molar-refractivity contribution in [3.63, 3.8) is 0 Å². The van der Waals surface area contributed by atoms with Crippen molar-refractivity contribution in [2.24, 2.45) is 0 Å². The van der Waals surface area contributed by atoms with Gasteiger partial charge in [-0.15, -0.1) is 13.2 Å². The van der Waals surface area contributed by atoms with E-state index >= 15 is 0 Å². The Morgan fingerprint density at radius 2 is 1.64 bits per heavy atom. The van der Waals surface area contributed by atoms with E-state index < -0.39 is 47.2 Å². The highest BCUT2D eigenvalue weighted by Crippen LogP contribution is 2.29. The average molecular weight is 512 g/mol. The zero-order valence-electron chi connectivity index (χ0n) is 21.5. The molecule has 0 aliphatic heterocycles. The summed E-state index contributed by atoms with van der Waals surface area (Å²) in [5, 5.41) is 2.89. The first kappa shape index (κ1) is 30.9. The molecule has 2 atom stereocenters. The van der Waals surface area contributed by atoms with Crippen molar-refractivity contribution in [1.29, 1.82) is 0 Å². The zero-order valence-corrected chi connectivity index (χ0v) is 21.5. The number of rotatable bonds is 12. The molecule has 0 bridgehead atoms. The molecule has 2 amide bonds. The number of amides is 2. The lowest BCUT2D eigenvalue weighted by Gasteiger charge is -2.35. The molecular weight excluding hydrogens is 475 g/mol. The number of alkyl halides is 3. The molecule has 0 spiro atoms. The van der Waals surface area contributed by atoms with Crippen LogP contribution in [0.1, 0.15) is 38.3 Å². The van der Waals surface area contributed by atoms with Crippen molar-refractivity contribution in [3.05, 3.63) is 60.7 Å². The maximum absolute atomic E-state index is 13.5. The number of hydrogen-bond donors (Lipinski definition) is 1. The summed E-state index contributed by atoms with van der Waals surface area (Å²) in [6, 6.07) is 2.60. The van der Waals surface area contributed by atoms with Crippen LogP contribution in [-0.2, 0) is 31.7 Å². The number of likely N-dealkylation sites (N-methyl/N-ethyl adjacent to an activating group) is 2. The first-order valence-corrected chi connectivity index (χ1v) is 11.5. The van der Waals surface area contributed by atoms with Gasteiger partial charge < -0.3 is 19.9 Å². The van der Waals surface area contributed by atoms with E-state index in [9.17, 15) is 27.6 Å². The zero-order chi connectivity index (χ0) is 27.7. The predicted octanol–water partition coefficient (Wildman–Crippen LogP) is 3.60. The predicted molar refractivity (Wildman–Crippen MR) is 132 cm³/mol. The van der Waals surface area contributed by atoms with Gasteiger partial charge in [0.15, 0.2) is 0 Å². The second kappa shape index (κ2) is 13.2. The molecule has 200 valence electrons. The highest BCUT2D eigenvalue weighted by molar-refractivity contribution is 5.91. The highest BCUT2D eigenvalue weighted by atomic mass is 19.4. The summed E-state index contributed by atoms with van der Waals surface area (Å²) in [7, 11) is 3.00. The topological polar surface area (TPSA) is 79.0 Å². The molecule has 7 nitrogen and oxygen atoms in total. The third-order valence-electron chi connectivity index (χ3n) is 5.19. The van der Waals surface area contributed by atoms with Crippen molar-refractivity contribution in [2.45, 2.75) is 57.5 Å². The van der Waals surface area contributed by atoms with Gasteiger partial charge in [0.25, 0.3) is 0 Å². The Morgan fingerprint density at radius 3 is 2.08 bits per heavy atom. The van der Waals surface area contributed by atoms with E-state index in [-0.39, 0.29) is 25.9 Å². The number of carbonyl (C=O) groups is 3. The summed E-state index contributed by atoms with van der Waals surface area (Å²) in [5.41, 5.74) is -1.16. The van der Waals surface area contributed by atoms with Gasteiger partial charge in [0.2, 0.25) is 11.8 Å². The standard InChI is InChI=1S/C26H36F3N3O4/c1-8-10-20(30-6)23(34)32(15-9-2)21(16-18-11-13-19(14-12-18)26(27,28)29)24(35)31(7)17-22(33)36-25(3,4)5/h8-9,11-14,20-21,30H,1-2,10,15-17H2,3-7H3/t20-,21-/m0/s1. The van der Waals surface area contributed by atoms with Crippen molar-refractivity contribution >= 4 is 17.8 Å². The minimum atomic E-state index is -4.50. The number of hydrogen-bond acceptors (Lipinski definition) is 5. The molecule has 1 aromatic rings. The Labute approximate surface area is 211 Å². The lowest BCUT2D eigenvalue weighted by molar-refractivity contribution is -0.159. The molecule has 0 aromatic heterocycles. The minimum absolute atomic E-state index is 0.00543. The van der Waals surface area contributed by atoms with Gasteiger partial charge in [-0.3, -0.25) is 14.4 Å². The molecule has 0 unspecified atom stereocenters. The molecule has 10 heteroatoms. The van der Waals surface area contributed by atoms with Gasteiger partial charge in [0.1, 0.15) is 18.2 Å². The fourth-order valence-electron chi connectivity index (χ4n) is 3.50. The van der Waals surface area contributed by atoms with Crippen LogP contribution in [-0.4, -0.2) is 72.5 Å². The molecule has 0 saturated heterocycles. The first-order valence-electron chi connectivity index (χ1n) is 11.5. The molecule has 0 fully saturated rings. The second-order valence-electron chi connectivity index (χ2n) is 9.34. The molecule has 1 N–H and O–H groups in total. The van der Waals surface area contributed by atoms with Crippen LogP contribution in [0.25, 0.3) is 0 Å². The van der Waals surface area contributed by atoms with E-state index in [1.54, 1.807) is 33.9 Å². The Morgan fingerprint density at radius 1 is 1.06 bits per heavy atom. The number of halogens is 3.